The highest BCUT2D eigenvalue weighted by molar-refractivity contribution is 6.30. The van der Waals surface area contributed by atoms with Gasteiger partial charge in [0.2, 0.25) is 0 Å². The van der Waals surface area contributed by atoms with Gasteiger partial charge < -0.3 is 4.74 Å². The lowest BCUT2D eigenvalue weighted by Crippen LogP contribution is -1.95. The van der Waals surface area contributed by atoms with E-state index >= 15 is 0 Å². The third kappa shape index (κ3) is 2.14. The molecule has 0 saturated heterocycles. The van der Waals surface area contributed by atoms with E-state index in [1.807, 2.05) is 19.1 Å². The van der Waals surface area contributed by atoms with Crippen LogP contribution < -0.4 is 4.74 Å². The molecule has 0 heterocycles. The van der Waals surface area contributed by atoms with Crippen molar-refractivity contribution in [3.8, 4) is 11.8 Å². The fourth-order valence-electron chi connectivity index (χ4n) is 0.839. The molecular formula is C9H8ClNO. The molecule has 0 fully saturated rings. The Hall–Kier alpha value is -1.20. The molecule has 1 aromatic carbocycles. The predicted octanol–water partition coefficient (Wildman–Crippen LogP) is 2.55. The first-order valence-electron chi connectivity index (χ1n) is 3.50. The van der Waals surface area contributed by atoms with Crippen molar-refractivity contribution in [1.29, 1.82) is 5.26 Å². The maximum absolute atomic E-state index is 8.28. The number of ether oxygens (including phenoxy) is 1. The molecule has 12 heavy (non-hydrogen) atoms. The van der Waals surface area contributed by atoms with Crippen molar-refractivity contribution in [2.45, 2.75) is 6.92 Å². The Bertz CT molecular complexity index is 317. The van der Waals surface area contributed by atoms with Gasteiger partial charge in [-0.15, -0.1) is 0 Å². The first-order chi connectivity index (χ1) is 5.74. The standard InChI is InChI=1S/C9H8ClNO/c1-7-2-3-8(10)6-9(7)12-5-4-11/h2-3,6H,5H2,1H3. The van der Waals surface area contributed by atoms with E-state index in [1.165, 1.54) is 0 Å². The summed E-state index contributed by atoms with van der Waals surface area (Å²) in [5.74, 6) is 0.670. The fraction of sp³-hybridized carbons (Fsp3) is 0.222. The van der Waals surface area contributed by atoms with Crippen molar-refractivity contribution in [3.05, 3.63) is 28.8 Å². The van der Waals surface area contributed by atoms with Crippen molar-refractivity contribution < 1.29 is 4.74 Å². The number of hydrogen-bond acceptors (Lipinski definition) is 2. The number of aryl methyl sites for hydroxylation is 1. The van der Waals surface area contributed by atoms with Gasteiger partial charge in [0.1, 0.15) is 11.8 Å². The highest BCUT2D eigenvalue weighted by atomic mass is 35.5. The topological polar surface area (TPSA) is 33.0 Å². The molecule has 0 aromatic heterocycles. The van der Waals surface area contributed by atoms with Gasteiger partial charge in [0, 0.05) is 5.02 Å². The molecule has 1 aromatic rings. The maximum atomic E-state index is 8.28. The average molecular weight is 182 g/mol. The van der Waals surface area contributed by atoms with Crippen LogP contribution in [0.3, 0.4) is 0 Å². The van der Waals surface area contributed by atoms with Crippen LogP contribution in [0, 0.1) is 18.3 Å². The van der Waals surface area contributed by atoms with E-state index in [9.17, 15) is 0 Å². The molecule has 0 spiro atoms. The third-order valence-corrected chi connectivity index (χ3v) is 1.68. The first kappa shape index (κ1) is 8.89. The summed E-state index contributed by atoms with van der Waals surface area (Å²) in [5.41, 5.74) is 0.981. The van der Waals surface area contributed by atoms with Crippen molar-refractivity contribution in [2.75, 3.05) is 6.61 Å². The second-order valence-electron chi connectivity index (χ2n) is 2.36. The minimum Gasteiger partial charge on any atom is -0.478 e. The number of nitrogens with zero attached hydrogens (tertiary/aromatic N) is 1. The molecular weight excluding hydrogens is 174 g/mol. The highest BCUT2D eigenvalue weighted by Gasteiger charge is 1.98. The summed E-state index contributed by atoms with van der Waals surface area (Å²) >= 11 is 5.73. The van der Waals surface area contributed by atoms with Gasteiger partial charge in [-0.25, -0.2) is 0 Å². The average Bonchev–Trinajstić information content (AvgIpc) is 2.07. The van der Waals surface area contributed by atoms with E-state index in [0.717, 1.165) is 5.56 Å². The summed E-state index contributed by atoms with van der Waals surface area (Å²) in [4.78, 5) is 0. The lowest BCUT2D eigenvalue weighted by molar-refractivity contribution is 0.365. The van der Waals surface area contributed by atoms with Crippen molar-refractivity contribution in [1.82, 2.24) is 0 Å². The largest absolute Gasteiger partial charge is 0.478 e. The maximum Gasteiger partial charge on any atom is 0.174 e. The molecule has 0 N–H and O–H groups in total. The normalized spacial score (nSPS) is 9.08. The van der Waals surface area contributed by atoms with Crippen molar-refractivity contribution in [2.24, 2.45) is 0 Å². The van der Waals surface area contributed by atoms with E-state index in [2.05, 4.69) is 0 Å². The Morgan fingerprint density at radius 3 is 3.00 bits per heavy atom. The third-order valence-electron chi connectivity index (χ3n) is 1.44. The van der Waals surface area contributed by atoms with Crippen LogP contribution >= 0.6 is 11.6 Å². The fourth-order valence-corrected chi connectivity index (χ4v) is 1.00. The van der Waals surface area contributed by atoms with Crippen molar-refractivity contribution in [3.63, 3.8) is 0 Å². The van der Waals surface area contributed by atoms with E-state index in [1.54, 1.807) is 12.1 Å². The molecule has 0 saturated carbocycles. The Kier molecular flexibility index (Phi) is 2.95. The zero-order valence-corrected chi connectivity index (χ0v) is 7.43. The number of halogens is 1. The van der Waals surface area contributed by atoms with Gasteiger partial charge >= 0.3 is 0 Å². The lowest BCUT2D eigenvalue weighted by atomic mass is 10.2. The molecule has 0 unspecified atom stereocenters. The Morgan fingerprint density at radius 2 is 2.33 bits per heavy atom. The molecule has 0 amide bonds. The molecule has 3 heteroatoms. The molecule has 62 valence electrons. The zero-order chi connectivity index (χ0) is 8.97. The molecule has 0 atom stereocenters. The summed E-state index contributed by atoms with van der Waals surface area (Å²) in [6, 6.07) is 7.24. The SMILES string of the molecule is Cc1ccc(Cl)cc1OCC#N. The van der Waals surface area contributed by atoms with Crippen LogP contribution in [0.2, 0.25) is 5.02 Å². The summed E-state index contributed by atoms with van der Waals surface area (Å²) < 4.78 is 5.12. The zero-order valence-electron chi connectivity index (χ0n) is 6.67. The second kappa shape index (κ2) is 3.99. The molecule has 2 nitrogen and oxygen atoms in total. The van der Waals surface area contributed by atoms with Gasteiger partial charge in [-0.2, -0.15) is 5.26 Å². The molecule has 0 bridgehead atoms. The minimum atomic E-state index is 0.0567. The Balaban J connectivity index is 2.84. The smallest absolute Gasteiger partial charge is 0.174 e. The van der Waals surface area contributed by atoms with Gasteiger partial charge in [0.05, 0.1) is 0 Å². The van der Waals surface area contributed by atoms with E-state index < -0.39 is 0 Å². The highest BCUT2D eigenvalue weighted by Crippen LogP contribution is 2.22. The van der Waals surface area contributed by atoms with Gasteiger partial charge in [-0.05, 0) is 24.6 Å². The summed E-state index contributed by atoms with van der Waals surface area (Å²) in [7, 11) is 0. The van der Waals surface area contributed by atoms with Crippen LogP contribution in [0.1, 0.15) is 5.56 Å². The summed E-state index contributed by atoms with van der Waals surface area (Å²) in [6.45, 7) is 1.96. The summed E-state index contributed by atoms with van der Waals surface area (Å²) in [5, 5.41) is 8.90. The van der Waals surface area contributed by atoms with Crippen LogP contribution in [-0.2, 0) is 0 Å². The molecule has 0 aliphatic carbocycles. The molecule has 0 aliphatic rings. The van der Waals surface area contributed by atoms with E-state index in [-0.39, 0.29) is 6.61 Å². The first-order valence-corrected chi connectivity index (χ1v) is 3.87. The second-order valence-corrected chi connectivity index (χ2v) is 2.79. The number of rotatable bonds is 2. The minimum absolute atomic E-state index is 0.0567. The van der Waals surface area contributed by atoms with Crippen LogP contribution in [0.5, 0.6) is 5.75 Å². The van der Waals surface area contributed by atoms with E-state index in [4.69, 9.17) is 21.6 Å². The lowest BCUT2D eigenvalue weighted by Gasteiger charge is -2.04. The van der Waals surface area contributed by atoms with Crippen LogP contribution in [0.25, 0.3) is 0 Å². The predicted molar refractivity (Wildman–Crippen MR) is 47.3 cm³/mol. The number of hydrogen-bond donors (Lipinski definition) is 0. The Morgan fingerprint density at radius 1 is 1.58 bits per heavy atom. The summed E-state index contributed by atoms with van der Waals surface area (Å²) in [6.07, 6.45) is 0. The van der Waals surface area contributed by atoms with Crippen LogP contribution in [0.15, 0.2) is 18.2 Å². The number of benzene rings is 1. The molecule has 0 aliphatic heterocycles. The molecule has 1 rings (SSSR count). The Labute approximate surface area is 76.3 Å². The van der Waals surface area contributed by atoms with Gasteiger partial charge in [-0.3, -0.25) is 0 Å². The van der Waals surface area contributed by atoms with Crippen LogP contribution in [0.4, 0.5) is 0 Å². The van der Waals surface area contributed by atoms with Gasteiger partial charge in [0.15, 0.2) is 6.61 Å². The quantitative estimate of drug-likeness (QED) is 0.703. The number of nitriles is 1. The van der Waals surface area contributed by atoms with Crippen molar-refractivity contribution >= 4 is 11.6 Å². The monoisotopic (exact) mass is 181 g/mol. The van der Waals surface area contributed by atoms with Gasteiger partial charge in [-0.1, -0.05) is 17.7 Å². The molecule has 0 radical (unpaired) electrons. The van der Waals surface area contributed by atoms with Crippen LogP contribution in [-0.4, -0.2) is 6.61 Å². The van der Waals surface area contributed by atoms with E-state index in [0.29, 0.717) is 10.8 Å². The van der Waals surface area contributed by atoms with Gasteiger partial charge in [0.25, 0.3) is 0 Å².